The first-order valence-electron chi connectivity index (χ1n) is 9.04. The molecule has 0 saturated carbocycles. The highest BCUT2D eigenvalue weighted by atomic mass is 35.5. The number of fused-ring (bicyclic) bond motifs is 4. The summed E-state index contributed by atoms with van der Waals surface area (Å²) in [7, 11) is 0. The van der Waals surface area contributed by atoms with Crippen LogP contribution in [-0.2, 0) is 24.7 Å². The fourth-order valence-corrected chi connectivity index (χ4v) is 5.07. The van der Waals surface area contributed by atoms with Gasteiger partial charge in [-0.15, -0.1) is 0 Å². The van der Waals surface area contributed by atoms with Crippen LogP contribution in [0.5, 0.6) is 0 Å². The average Bonchev–Trinajstić information content (AvgIpc) is 3.13. The third kappa shape index (κ3) is 2.28. The van der Waals surface area contributed by atoms with Crippen molar-refractivity contribution < 1.29 is 19.2 Å². The molecule has 9 heteroatoms. The van der Waals surface area contributed by atoms with E-state index in [0.29, 0.717) is 16.3 Å². The van der Waals surface area contributed by atoms with Gasteiger partial charge in [-0.25, -0.2) is 0 Å². The van der Waals surface area contributed by atoms with Crippen LogP contribution in [0.2, 0.25) is 5.02 Å². The van der Waals surface area contributed by atoms with Crippen LogP contribution in [0.25, 0.3) is 0 Å². The van der Waals surface area contributed by atoms with E-state index in [9.17, 15) is 19.2 Å². The molecule has 3 heterocycles. The monoisotopic (exact) mass is 404 g/mol. The Bertz CT molecular complexity index is 940. The first-order chi connectivity index (χ1) is 13.0. The number of likely N-dealkylation sites (tertiary alicyclic amines) is 1. The van der Waals surface area contributed by atoms with E-state index < -0.39 is 52.6 Å². The first kappa shape index (κ1) is 18.9. The highest BCUT2D eigenvalue weighted by Crippen LogP contribution is 2.55. The topological polar surface area (TPSA) is 122 Å². The second-order valence-electron chi connectivity index (χ2n) is 8.53. The van der Waals surface area contributed by atoms with E-state index in [-0.39, 0.29) is 6.42 Å². The molecule has 0 aromatic heterocycles. The number of carbonyl (C=O) groups is 4. The molecule has 0 aliphatic carbocycles. The van der Waals surface area contributed by atoms with E-state index in [0.717, 1.165) is 0 Å². The molecular formula is C19H21ClN4O4. The Morgan fingerprint density at radius 1 is 1.25 bits per heavy atom. The number of halogens is 1. The molecule has 0 radical (unpaired) electrons. The Morgan fingerprint density at radius 2 is 1.93 bits per heavy atom. The predicted octanol–water partition coefficient (Wildman–Crippen LogP) is 0.734. The third-order valence-corrected chi connectivity index (χ3v) is 6.11. The normalized spacial score (nSPS) is 31.4. The highest BCUT2D eigenvalue weighted by molar-refractivity contribution is 6.35. The summed E-state index contributed by atoms with van der Waals surface area (Å²) in [5.74, 6) is -3.77. The van der Waals surface area contributed by atoms with Gasteiger partial charge in [-0.3, -0.25) is 29.4 Å². The van der Waals surface area contributed by atoms with E-state index in [1.54, 1.807) is 39.0 Å². The summed E-state index contributed by atoms with van der Waals surface area (Å²) in [6, 6.07) is 4.29. The molecule has 28 heavy (non-hydrogen) atoms. The molecule has 4 N–H and O–H groups in total. The zero-order valence-corrected chi connectivity index (χ0v) is 16.5. The van der Waals surface area contributed by atoms with Crippen LogP contribution in [0.4, 0.5) is 5.69 Å². The third-order valence-electron chi connectivity index (χ3n) is 5.79. The van der Waals surface area contributed by atoms with Crippen molar-refractivity contribution in [2.45, 2.75) is 44.3 Å². The summed E-state index contributed by atoms with van der Waals surface area (Å²) >= 11 is 6.25. The summed E-state index contributed by atoms with van der Waals surface area (Å²) in [6.07, 6.45) is -0.164. The van der Waals surface area contributed by atoms with Crippen LogP contribution >= 0.6 is 11.6 Å². The number of nitrogens with two attached hydrogens (primary N) is 1. The fourth-order valence-electron chi connectivity index (χ4n) is 4.85. The number of rotatable bonds is 2. The van der Waals surface area contributed by atoms with Crippen molar-refractivity contribution in [3.63, 3.8) is 0 Å². The Hall–Kier alpha value is -2.45. The van der Waals surface area contributed by atoms with Gasteiger partial charge < -0.3 is 11.1 Å². The van der Waals surface area contributed by atoms with Crippen molar-refractivity contribution in [1.82, 2.24) is 10.2 Å². The number of hydrogen-bond acceptors (Lipinski definition) is 5. The van der Waals surface area contributed by atoms with Gasteiger partial charge in [0.15, 0.2) is 0 Å². The van der Waals surface area contributed by atoms with Crippen molar-refractivity contribution >= 4 is 40.9 Å². The zero-order valence-electron chi connectivity index (χ0n) is 15.7. The quantitative estimate of drug-likeness (QED) is 0.627. The van der Waals surface area contributed by atoms with Crippen molar-refractivity contribution in [3.05, 3.63) is 28.8 Å². The number of benzene rings is 1. The van der Waals surface area contributed by atoms with Crippen LogP contribution in [-0.4, -0.2) is 40.1 Å². The maximum Gasteiger partial charge on any atom is 0.250 e. The van der Waals surface area contributed by atoms with Gasteiger partial charge >= 0.3 is 0 Å². The second kappa shape index (κ2) is 5.78. The fraction of sp³-hybridized carbons (Fsp3) is 0.474. The molecule has 4 atom stereocenters. The molecule has 1 aromatic rings. The minimum Gasteiger partial charge on any atom is -0.370 e. The van der Waals surface area contributed by atoms with Crippen LogP contribution in [0.3, 0.4) is 0 Å². The molecule has 4 rings (SSSR count). The van der Waals surface area contributed by atoms with E-state index in [4.69, 9.17) is 17.3 Å². The highest BCUT2D eigenvalue weighted by Gasteiger charge is 2.71. The van der Waals surface area contributed by atoms with Crippen molar-refractivity contribution in [1.29, 1.82) is 0 Å². The molecule has 0 bridgehead atoms. The van der Waals surface area contributed by atoms with Crippen molar-refractivity contribution in [2.75, 3.05) is 5.32 Å². The van der Waals surface area contributed by atoms with Crippen LogP contribution < -0.4 is 16.4 Å². The van der Waals surface area contributed by atoms with Crippen molar-refractivity contribution in [2.24, 2.45) is 17.6 Å². The minimum atomic E-state index is -1.47. The molecule has 8 nitrogen and oxygen atoms in total. The summed E-state index contributed by atoms with van der Waals surface area (Å²) < 4.78 is 0. The second-order valence-corrected chi connectivity index (χ2v) is 8.94. The van der Waals surface area contributed by atoms with Crippen LogP contribution in [0.1, 0.15) is 32.8 Å². The zero-order chi connectivity index (χ0) is 20.6. The molecule has 148 valence electrons. The lowest BCUT2D eigenvalue weighted by Crippen LogP contribution is -2.56. The smallest absolute Gasteiger partial charge is 0.250 e. The number of amides is 4. The molecule has 4 amide bonds. The Labute approximate surface area is 166 Å². The lowest BCUT2D eigenvalue weighted by Gasteiger charge is -2.34. The molecule has 1 spiro atoms. The molecule has 2 fully saturated rings. The molecule has 3 aliphatic heterocycles. The predicted molar refractivity (Wildman–Crippen MR) is 101 cm³/mol. The van der Waals surface area contributed by atoms with Crippen LogP contribution in [0, 0.1) is 11.8 Å². The Balaban J connectivity index is 1.93. The average molecular weight is 405 g/mol. The molecule has 1 aromatic carbocycles. The van der Waals surface area contributed by atoms with Gasteiger partial charge in [0.2, 0.25) is 23.6 Å². The SMILES string of the molecule is CC(C)(C)N1C(=O)[C@@H]2[C@H](CC(N)=O)N[C@]3(C(=O)Nc4c(Cl)cccc43)[C@H]2C1=O. The van der Waals surface area contributed by atoms with E-state index in [2.05, 4.69) is 10.6 Å². The lowest BCUT2D eigenvalue weighted by atomic mass is 9.76. The molecule has 3 aliphatic rings. The number of hydrogen-bond donors (Lipinski definition) is 3. The van der Waals surface area contributed by atoms with Crippen LogP contribution in [0.15, 0.2) is 18.2 Å². The summed E-state index contributed by atoms with van der Waals surface area (Å²) in [5.41, 5.74) is 4.07. The largest absolute Gasteiger partial charge is 0.370 e. The molecule has 2 saturated heterocycles. The Kier molecular flexibility index (Phi) is 3.90. The summed E-state index contributed by atoms with van der Waals surface area (Å²) in [6.45, 7) is 5.27. The van der Waals surface area contributed by atoms with Crippen molar-refractivity contribution in [3.8, 4) is 0 Å². The van der Waals surface area contributed by atoms with E-state index >= 15 is 0 Å². The molecule has 0 unspecified atom stereocenters. The summed E-state index contributed by atoms with van der Waals surface area (Å²) in [5, 5.41) is 6.21. The number of anilines is 1. The first-order valence-corrected chi connectivity index (χ1v) is 9.42. The lowest BCUT2D eigenvalue weighted by molar-refractivity contribution is -0.147. The summed E-state index contributed by atoms with van der Waals surface area (Å²) in [4.78, 5) is 52.6. The van der Waals surface area contributed by atoms with Gasteiger partial charge in [0, 0.05) is 23.6 Å². The molecular weight excluding hydrogens is 384 g/mol. The van der Waals surface area contributed by atoms with E-state index in [1.165, 1.54) is 4.90 Å². The van der Waals surface area contributed by atoms with Gasteiger partial charge in [-0.2, -0.15) is 0 Å². The number of nitrogens with one attached hydrogen (secondary N) is 2. The number of carbonyl (C=O) groups excluding carboxylic acids is 4. The Morgan fingerprint density at radius 3 is 2.54 bits per heavy atom. The van der Waals surface area contributed by atoms with E-state index in [1.807, 2.05) is 0 Å². The van der Waals surface area contributed by atoms with Gasteiger partial charge in [0.1, 0.15) is 5.54 Å². The maximum absolute atomic E-state index is 13.4. The number of para-hydroxylation sites is 1. The van der Waals surface area contributed by atoms with Gasteiger partial charge in [-0.1, -0.05) is 23.7 Å². The number of nitrogens with zero attached hydrogens (tertiary/aromatic N) is 1. The minimum absolute atomic E-state index is 0.164. The maximum atomic E-state index is 13.4. The number of primary amides is 1. The van der Waals surface area contributed by atoms with Gasteiger partial charge in [-0.05, 0) is 26.8 Å². The van der Waals surface area contributed by atoms with Gasteiger partial charge in [0.05, 0.1) is 22.5 Å². The standard InChI is InChI=1S/C19H21ClN4O4/c1-18(2,3)24-15(26)12-10(7-11(21)25)23-19(13(12)16(24)27)8-5-4-6-9(20)14(8)22-17(19)28/h4-6,10,12-13,23H,7H2,1-3H3,(H2,21,25)(H,22,28)/t10-,12+,13+,19-/m0/s1. The van der Waals surface area contributed by atoms with Gasteiger partial charge in [0.25, 0.3) is 0 Å². The number of imide groups is 1.